The number of anilines is 1. The summed E-state index contributed by atoms with van der Waals surface area (Å²) in [4.78, 5) is 16.2. The van der Waals surface area contributed by atoms with Gasteiger partial charge in [-0.05, 0) is 43.5 Å². The zero-order valence-corrected chi connectivity index (χ0v) is 14.5. The number of halogens is 1. The van der Waals surface area contributed by atoms with Gasteiger partial charge in [-0.1, -0.05) is 6.07 Å². The van der Waals surface area contributed by atoms with Crippen LogP contribution >= 0.6 is 0 Å². The maximum absolute atomic E-state index is 13.7. The second-order valence-electron chi connectivity index (χ2n) is 6.79. The highest BCUT2D eigenvalue weighted by Gasteiger charge is 2.30. The Hall–Kier alpha value is -3.02. The molecule has 4 rings (SSSR count). The molecule has 132 valence electrons. The molecule has 0 atom stereocenters. The van der Waals surface area contributed by atoms with E-state index in [0.29, 0.717) is 28.2 Å². The van der Waals surface area contributed by atoms with E-state index in [0.717, 1.165) is 28.5 Å². The summed E-state index contributed by atoms with van der Waals surface area (Å²) in [5.41, 5.74) is 2.22. The molecule has 1 amide bonds. The Morgan fingerprint density at radius 1 is 1.27 bits per heavy atom. The number of benzene rings is 1. The number of hydrogen-bond acceptors (Lipinski definition) is 3. The molecule has 0 spiro atoms. The van der Waals surface area contributed by atoms with Gasteiger partial charge in [-0.25, -0.2) is 9.37 Å². The standard InChI is InChI=1S/C20H18FN3O2/c1-11-3-6-15(21)8-16(11)18-7-14-10-22-19(23-20(25)13-4-5-13)9-17(14)12(2)24(18)26/h3,6-10,13H,4-5H2,1-2H3,(H,22,23,25). The number of amides is 1. The van der Waals surface area contributed by atoms with Crippen LogP contribution in [0.1, 0.15) is 24.1 Å². The predicted octanol–water partition coefficient (Wildman–Crippen LogP) is 3.64. The third kappa shape index (κ3) is 2.87. The molecule has 2 heterocycles. The first kappa shape index (κ1) is 16.4. The van der Waals surface area contributed by atoms with Gasteiger partial charge in [0.05, 0.1) is 10.9 Å². The summed E-state index contributed by atoms with van der Waals surface area (Å²) in [5, 5.41) is 17.0. The van der Waals surface area contributed by atoms with E-state index in [2.05, 4.69) is 10.3 Å². The van der Waals surface area contributed by atoms with Gasteiger partial charge >= 0.3 is 0 Å². The van der Waals surface area contributed by atoms with E-state index < -0.39 is 0 Å². The highest BCUT2D eigenvalue weighted by molar-refractivity contribution is 5.95. The van der Waals surface area contributed by atoms with E-state index in [4.69, 9.17) is 0 Å². The van der Waals surface area contributed by atoms with Crippen molar-refractivity contribution >= 4 is 22.5 Å². The largest absolute Gasteiger partial charge is 0.618 e. The van der Waals surface area contributed by atoms with Crippen LogP contribution in [0.5, 0.6) is 0 Å². The highest BCUT2D eigenvalue weighted by Crippen LogP contribution is 2.31. The molecule has 1 aromatic carbocycles. The first-order valence-electron chi connectivity index (χ1n) is 8.54. The Morgan fingerprint density at radius 2 is 2.04 bits per heavy atom. The van der Waals surface area contributed by atoms with Crippen molar-refractivity contribution in [1.29, 1.82) is 0 Å². The molecule has 26 heavy (non-hydrogen) atoms. The summed E-state index contributed by atoms with van der Waals surface area (Å²) in [6.07, 6.45) is 3.45. The minimum Gasteiger partial charge on any atom is -0.618 e. The second-order valence-corrected chi connectivity index (χ2v) is 6.79. The van der Waals surface area contributed by atoms with Crippen molar-refractivity contribution in [1.82, 2.24) is 4.98 Å². The van der Waals surface area contributed by atoms with Gasteiger partial charge in [0.2, 0.25) is 11.6 Å². The van der Waals surface area contributed by atoms with Crippen molar-refractivity contribution in [2.24, 2.45) is 5.92 Å². The maximum Gasteiger partial charge on any atom is 0.228 e. The van der Waals surface area contributed by atoms with E-state index in [1.165, 1.54) is 12.1 Å². The molecule has 3 aromatic rings. The number of rotatable bonds is 3. The van der Waals surface area contributed by atoms with E-state index in [1.807, 2.05) is 6.92 Å². The summed E-state index contributed by atoms with van der Waals surface area (Å²) >= 11 is 0. The van der Waals surface area contributed by atoms with E-state index in [1.54, 1.807) is 31.3 Å². The molecule has 0 radical (unpaired) electrons. The molecule has 0 aliphatic heterocycles. The first-order valence-corrected chi connectivity index (χ1v) is 8.54. The Morgan fingerprint density at radius 3 is 2.77 bits per heavy atom. The zero-order chi connectivity index (χ0) is 18.4. The predicted molar refractivity (Wildman–Crippen MR) is 96.9 cm³/mol. The summed E-state index contributed by atoms with van der Waals surface area (Å²) in [6, 6.07) is 7.80. The summed E-state index contributed by atoms with van der Waals surface area (Å²) in [6.45, 7) is 3.54. The summed E-state index contributed by atoms with van der Waals surface area (Å²) < 4.78 is 14.5. The minimum absolute atomic E-state index is 0.0310. The Bertz CT molecular complexity index is 1040. The van der Waals surface area contributed by atoms with Crippen LogP contribution in [-0.2, 0) is 4.79 Å². The second kappa shape index (κ2) is 6.05. The fourth-order valence-electron chi connectivity index (χ4n) is 3.09. The van der Waals surface area contributed by atoms with Crippen LogP contribution in [0.4, 0.5) is 10.2 Å². The molecule has 1 N–H and O–H groups in total. The SMILES string of the molecule is Cc1ccc(F)cc1-c1cc2cnc(NC(=O)C3CC3)cc2c(C)[n+]1[O-]. The van der Waals surface area contributed by atoms with Crippen LogP contribution in [0.15, 0.2) is 36.5 Å². The lowest BCUT2D eigenvalue weighted by molar-refractivity contribution is -0.599. The van der Waals surface area contributed by atoms with Crippen molar-refractivity contribution in [3.05, 3.63) is 58.8 Å². The smallest absolute Gasteiger partial charge is 0.228 e. The lowest BCUT2D eigenvalue weighted by Gasteiger charge is -2.13. The van der Waals surface area contributed by atoms with Crippen LogP contribution in [0.2, 0.25) is 0 Å². The van der Waals surface area contributed by atoms with Gasteiger partial charge in [0.1, 0.15) is 11.6 Å². The average molecular weight is 351 g/mol. The average Bonchev–Trinajstić information content (AvgIpc) is 3.46. The van der Waals surface area contributed by atoms with E-state index >= 15 is 0 Å². The topological polar surface area (TPSA) is 68.9 Å². The summed E-state index contributed by atoms with van der Waals surface area (Å²) in [7, 11) is 0. The van der Waals surface area contributed by atoms with Gasteiger partial charge in [-0.15, -0.1) is 0 Å². The lowest BCUT2D eigenvalue weighted by atomic mass is 10.0. The van der Waals surface area contributed by atoms with Gasteiger partial charge in [-0.3, -0.25) is 4.79 Å². The molecular weight excluding hydrogens is 333 g/mol. The minimum atomic E-state index is -0.389. The number of carbonyl (C=O) groups excluding carboxylic acids is 1. The third-order valence-corrected chi connectivity index (χ3v) is 4.82. The van der Waals surface area contributed by atoms with Crippen LogP contribution < -0.4 is 10.0 Å². The van der Waals surface area contributed by atoms with Crippen LogP contribution in [0.3, 0.4) is 0 Å². The Labute approximate surface area is 150 Å². The number of aryl methyl sites for hydroxylation is 2. The number of hydrogen-bond donors (Lipinski definition) is 1. The Balaban J connectivity index is 1.81. The molecule has 0 unspecified atom stereocenters. The Kier molecular flexibility index (Phi) is 3.83. The van der Waals surface area contributed by atoms with Crippen molar-refractivity contribution < 1.29 is 13.9 Å². The number of carbonyl (C=O) groups is 1. The molecule has 0 saturated heterocycles. The molecule has 0 bridgehead atoms. The lowest BCUT2D eigenvalue weighted by Crippen LogP contribution is -2.33. The van der Waals surface area contributed by atoms with Crippen molar-refractivity contribution in [2.45, 2.75) is 26.7 Å². The fourth-order valence-corrected chi connectivity index (χ4v) is 3.09. The van der Waals surface area contributed by atoms with Crippen molar-refractivity contribution in [2.75, 3.05) is 5.32 Å². The van der Waals surface area contributed by atoms with Gasteiger partial charge in [-0.2, -0.15) is 4.73 Å². The molecule has 2 aromatic heterocycles. The monoisotopic (exact) mass is 351 g/mol. The number of nitrogens with one attached hydrogen (secondary N) is 1. The van der Waals surface area contributed by atoms with E-state index in [-0.39, 0.29) is 17.6 Å². The van der Waals surface area contributed by atoms with Gasteiger partial charge in [0.15, 0.2) is 5.69 Å². The molecule has 1 saturated carbocycles. The molecular formula is C20H18FN3O2. The van der Waals surface area contributed by atoms with Gasteiger partial charge in [0, 0.05) is 30.5 Å². The number of aromatic nitrogens is 2. The fraction of sp³-hybridized carbons (Fsp3) is 0.250. The quantitative estimate of drug-likeness (QED) is 0.579. The molecule has 1 aliphatic carbocycles. The molecule has 5 nitrogen and oxygen atoms in total. The first-order chi connectivity index (χ1) is 12.4. The van der Waals surface area contributed by atoms with E-state index in [9.17, 15) is 14.4 Å². The number of fused-ring (bicyclic) bond motifs is 1. The third-order valence-electron chi connectivity index (χ3n) is 4.82. The normalized spacial score (nSPS) is 13.8. The van der Waals surface area contributed by atoms with Crippen LogP contribution in [0.25, 0.3) is 22.0 Å². The van der Waals surface area contributed by atoms with Crippen LogP contribution in [0, 0.1) is 30.8 Å². The summed E-state index contributed by atoms with van der Waals surface area (Å²) in [5.74, 6) is 0.0969. The highest BCUT2D eigenvalue weighted by atomic mass is 19.1. The van der Waals surface area contributed by atoms with Crippen molar-refractivity contribution in [3.8, 4) is 11.3 Å². The molecule has 1 aliphatic rings. The number of nitrogens with zero attached hydrogens (tertiary/aromatic N) is 2. The van der Waals surface area contributed by atoms with Crippen LogP contribution in [-0.4, -0.2) is 10.9 Å². The maximum atomic E-state index is 13.7. The van der Waals surface area contributed by atoms with Gasteiger partial charge in [0.25, 0.3) is 0 Å². The number of pyridine rings is 2. The van der Waals surface area contributed by atoms with Crippen molar-refractivity contribution in [3.63, 3.8) is 0 Å². The molecule has 1 fully saturated rings. The molecule has 6 heteroatoms. The zero-order valence-electron chi connectivity index (χ0n) is 14.5. The van der Waals surface area contributed by atoms with Gasteiger partial charge < -0.3 is 10.5 Å².